The number of nitrogens with one attached hydrogen (secondary N) is 1. The molecule has 0 saturated carbocycles. The van der Waals surface area contributed by atoms with Crippen LogP contribution in [0.4, 0.5) is 0 Å². The number of fused-ring (bicyclic) bond motifs is 1. The molecule has 36 heavy (non-hydrogen) atoms. The van der Waals surface area contributed by atoms with Crippen LogP contribution in [0.1, 0.15) is 42.1 Å². The predicted molar refractivity (Wildman–Crippen MR) is 142 cm³/mol. The molecule has 7 heteroatoms. The normalized spacial score (nSPS) is 14.7. The van der Waals surface area contributed by atoms with E-state index in [1.54, 1.807) is 35.0 Å². The lowest BCUT2D eigenvalue weighted by Crippen LogP contribution is -2.44. The van der Waals surface area contributed by atoms with Crippen LogP contribution in [0.3, 0.4) is 0 Å². The van der Waals surface area contributed by atoms with Gasteiger partial charge in [0.15, 0.2) is 5.65 Å². The Balaban J connectivity index is 1.25. The molecule has 3 heterocycles. The molecule has 1 amide bonds. The number of nitrogens with zero attached hydrogens (tertiary/aromatic N) is 4. The Morgan fingerprint density at radius 3 is 2.47 bits per heavy atom. The summed E-state index contributed by atoms with van der Waals surface area (Å²) < 4.78 is 1.68. The summed E-state index contributed by atoms with van der Waals surface area (Å²) in [5, 5.41) is 3.18. The summed E-state index contributed by atoms with van der Waals surface area (Å²) in [7, 11) is 0. The highest BCUT2D eigenvalue weighted by Gasteiger charge is 2.21. The van der Waals surface area contributed by atoms with Gasteiger partial charge in [0.05, 0.1) is 0 Å². The van der Waals surface area contributed by atoms with Gasteiger partial charge >= 0.3 is 0 Å². The topological polar surface area (TPSA) is 80.1 Å². The first kappa shape index (κ1) is 23.9. The van der Waals surface area contributed by atoms with Gasteiger partial charge in [0.1, 0.15) is 11.2 Å². The minimum Gasteiger partial charge on any atom is -0.349 e. The Morgan fingerprint density at radius 1 is 1.00 bits per heavy atom. The van der Waals surface area contributed by atoms with E-state index in [4.69, 9.17) is 0 Å². The third-order valence-electron chi connectivity index (χ3n) is 6.74. The second-order valence-corrected chi connectivity index (χ2v) is 9.35. The van der Waals surface area contributed by atoms with Gasteiger partial charge in [-0.15, -0.1) is 0 Å². The molecule has 1 saturated heterocycles. The number of pyridine rings is 1. The van der Waals surface area contributed by atoms with Crippen LogP contribution in [-0.2, 0) is 13.1 Å². The summed E-state index contributed by atoms with van der Waals surface area (Å²) in [5.74, 6) is -0.0814. The molecule has 0 atom stereocenters. The monoisotopic (exact) mass is 481 g/mol. The van der Waals surface area contributed by atoms with Gasteiger partial charge in [-0.3, -0.25) is 19.1 Å². The third-order valence-corrected chi connectivity index (χ3v) is 6.74. The van der Waals surface area contributed by atoms with Gasteiger partial charge in [0.2, 0.25) is 0 Å². The number of likely N-dealkylation sites (tertiary alicyclic amines) is 1. The number of benzene rings is 2. The van der Waals surface area contributed by atoms with Gasteiger partial charge < -0.3 is 5.32 Å². The molecular formula is C29H31N5O2. The molecule has 4 aromatic rings. The first-order chi connectivity index (χ1) is 17.6. The molecule has 5 rings (SSSR count). The fourth-order valence-corrected chi connectivity index (χ4v) is 4.82. The Hall–Kier alpha value is -3.84. The molecule has 2 aromatic carbocycles. The number of rotatable bonds is 7. The molecule has 1 aliphatic heterocycles. The van der Waals surface area contributed by atoms with Crippen molar-refractivity contribution >= 4 is 17.1 Å². The van der Waals surface area contributed by atoms with Crippen LogP contribution in [0.15, 0.2) is 77.7 Å². The van der Waals surface area contributed by atoms with Gasteiger partial charge in [0.25, 0.3) is 11.5 Å². The Labute approximate surface area is 210 Å². The fraction of sp³-hybridized carbons (Fsp3) is 0.310. The quantitative estimate of drug-likeness (QED) is 0.427. The zero-order chi connectivity index (χ0) is 24.9. The molecule has 0 aliphatic carbocycles. The minimum atomic E-state index is -0.164. The molecule has 0 unspecified atom stereocenters. The van der Waals surface area contributed by atoms with Gasteiger partial charge in [-0.05, 0) is 49.1 Å². The van der Waals surface area contributed by atoms with Gasteiger partial charge in [-0.25, -0.2) is 9.97 Å². The Morgan fingerprint density at radius 2 is 1.75 bits per heavy atom. The average molecular weight is 482 g/mol. The smallest absolute Gasteiger partial charge is 0.278 e. The van der Waals surface area contributed by atoms with Gasteiger partial charge in [-0.1, -0.05) is 49.4 Å². The van der Waals surface area contributed by atoms with E-state index in [1.807, 2.05) is 25.1 Å². The summed E-state index contributed by atoms with van der Waals surface area (Å²) in [6, 6.07) is 21.5. The first-order valence-electron chi connectivity index (χ1n) is 12.7. The van der Waals surface area contributed by atoms with Crippen molar-refractivity contribution in [2.24, 2.45) is 0 Å². The van der Waals surface area contributed by atoms with E-state index in [9.17, 15) is 9.59 Å². The second kappa shape index (κ2) is 10.8. The first-order valence-corrected chi connectivity index (χ1v) is 12.7. The number of piperidine rings is 1. The fourth-order valence-electron chi connectivity index (χ4n) is 4.82. The summed E-state index contributed by atoms with van der Waals surface area (Å²) in [6.07, 6.45) is 4.36. The third kappa shape index (κ3) is 5.21. The summed E-state index contributed by atoms with van der Waals surface area (Å²) in [6.45, 7) is 5.48. The second-order valence-electron chi connectivity index (χ2n) is 9.35. The number of aryl methyl sites for hydroxylation is 1. The van der Waals surface area contributed by atoms with E-state index in [-0.39, 0.29) is 17.5 Å². The van der Waals surface area contributed by atoms with Crippen LogP contribution in [0.25, 0.3) is 22.4 Å². The summed E-state index contributed by atoms with van der Waals surface area (Å²) in [5.41, 5.74) is 4.09. The van der Waals surface area contributed by atoms with Crippen LogP contribution >= 0.6 is 0 Å². The zero-order valence-electron chi connectivity index (χ0n) is 20.6. The van der Waals surface area contributed by atoms with Crippen LogP contribution < -0.4 is 10.9 Å². The van der Waals surface area contributed by atoms with E-state index >= 15 is 0 Å². The molecule has 1 fully saturated rings. The van der Waals surface area contributed by atoms with Crippen molar-refractivity contribution in [3.8, 4) is 11.3 Å². The standard InChI is InChI=1S/C29H31N5O2/c1-2-17-34-27-25(9-6-16-30-27)32-26(29(34)36)22-10-12-23(13-11-22)28(35)31-24-14-18-33(19-15-24)20-21-7-4-3-5-8-21/h3-13,16,24H,2,14-15,17-20H2,1H3,(H,31,35). The van der Waals surface area contributed by atoms with Crippen LogP contribution in [0.5, 0.6) is 0 Å². The minimum absolute atomic E-state index is 0.0814. The lowest BCUT2D eigenvalue weighted by molar-refractivity contribution is 0.0909. The molecule has 7 nitrogen and oxygen atoms in total. The highest BCUT2D eigenvalue weighted by atomic mass is 16.1. The average Bonchev–Trinajstić information content (AvgIpc) is 2.92. The molecule has 0 spiro atoms. The maximum atomic E-state index is 13.2. The van der Waals surface area contributed by atoms with E-state index in [2.05, 4.69) is 44.5 Å². The van der Waals surface area contributed by atoms with E-state index < -0.39 is 0 Å². The van der Waals surface area contributed by atoms with Crippen molar-refractivity contribution in [1.29, 1.82) is 0 Å². The molecule has 1 N–H and O–H groups in total. The number of hydrogen-bond donors (Lipinski definition) is 1. The van der Waals surface area contributed by atoms with Crippen molar-refractivity contribution in [2.75, 3.05) is 13.1 Å². The summed E-state index contributed by atoms with van der Waals surface area (Å²) in [4.78, 5) is 37.5. The number of carbonyl (C=O) groups is 1. The van der Waals surface area contributed by atoms with Crippen molar-refractivity contribution < 1.29 is 4.79 Å². The number of aromatic nitrogens is 3. The van der Waals surface area contributed by atoms with Crippen LogP contribution in [-0.4, -0.2) is 44.5 Å². The van der Waals surface area contributed by atoms with E-state index in [1.165, 1.54) is 5.56 Å². The highest BCUT2D eigenvalue weighted by Crippen LogP contribution is 2.19. The van der Waals surface area contributed by atoms with Crippen molar-refractivity contribution in [3.63, 3.8) is 0 Å². The molecule has 0 radical (unpaired) electrons. The maximum absolute atomic E-state index is 13.2. The largest absolute Gasteiger partial charge is 0.349 e. The Kier molecular flexibility index (Phi) is 7.18. The Bertz CT molecular complexity index is 1390. The van der Waals surface area contributed by atoms with Crippen LogP contribution in [0, 0.1) is 0 Å². The van der Waals surface area contributed by atoms with Crippen LogP contribution in [0.2, 0.25) is 0 Å². The lowest BCUT2D eigenvalue weighted by Gasteiger charge is -2.32. The van der Waals surface area contributed by atoms with Crippen molar-refractivity contribution in [1.82, 2.24) is 24.8 Å². The van der Waals surface area contributed by atoms with Crippen molar-refractivity contribution in [3.05, 3.63) is 94.4 Å². The lowest BCUT2D eigenvalue weighted by atomic mass is 10.0. The van der Waals surface area contributed by atoms with E-state index in [0.29, 0.717) is 34.5 Å². The number of carbonyl (C=O) groups excluding carboxylic acids is 1. The number of amides is 1. The van der Waals surface area contributed by atoms with E-state index in [0.717, 1.165) is 38.9 Å². The van der Waals surface area contributed by atoms with Gasteiger partial charge in [-0.2, -0.15) is 0 Å². The predicted octanol–water partition coefficient (Wildman–Crippen LogP) is 4.26. The SMILES string of the molecule is CCCn1c(=O)c(-c2ccc(C(=O)NC3CCN(Cc4ccccc4)CC3)cc2)nc2cccnc21. The van der Waals surface area contributed by atoms with Gasteiger partial charge in [0, 0.05) is 49.5 Å². The maximum Gasteiger partial charge on any atom is 0.278 e. The summed E-state index contributed by atoms with van der Waals surface area (Å²) >= 11 is 0. The molecular weight excluding hydrogens is 450 g/mol. The number of hydrogen-bond acceptors (Lipinski definition) is 5. The molecule has 2 aromatic heterocycles. The highest BCUT2D eigenvalue weighted by molar-refractivity contribution is 5.94. The molecule has 184 valence electrons. The van der Waals surface area contributed by atoms with Crippen molar-refractivity contribution in [2.45, 2.75) is 45.3 Å². The molecule has 0 bridgehead atoms. The zero-order valence-corrected chi connectivity index (χ0v) is 20.6. The molecule has 1 aliphatic rings.